The van der Waals surface area contributed by atoms with E-state index in [1.54, 1.807) is 13.2 Å². The van der Waals surface area contributed by atoms with Crippen LogP contribution < -0.4 is 4.74 Å². The number of nitrogens with zero attached hydrogens (tertiary/aromatic N) is 1. The van der Waals surface area contributed by atoms with Crippen LogP contribution in [-0.2, 0) is 5.41 Å². The molecule has 0 aliphatic rings. The fourth-order valence-electron chi connectivity index (χ4n) is 0.708. The molecule has 3 nitrogen and oxygen atoms in total. The van der Waals surface area contributed by atoms with Crippen LogP contribution >= 0.6 is 0 Å². The summed E-state index contributed by atoms with van der Waals surface area (Å²) in [4.78, 5) is 0. The maximum absolute atomic E-state index is 4.87. The SMILES string of the molecule is COc1cc(C(C)(C)C)no1. The Morgan fingerprint density at radius 2 is 2.09 bits per heavy atom. The van der Waals surface area contributed by atoms with E-state index >= 15 is 0 Å². The van der Waals surface area contributed by atoms with E-state index in [2.05, 4.69) is 25.9 Å². The zero-order valence-corrected chi connectivity index (χ0v) is 7.34. The summed E-state index contributed by atoms with van der Waals surface area (Å²) in [6, 6.07) is 1.81. The summed E-state index contributed by atoms with van der Waals surface area (Å²) in [5.74, 6) is 0.468. The van der Waals surface area contributed by atoms with E-state index in [1.807, 2.05) is 0 Å². The maximum atomic E-state index is 4.87. The van der Waals surface area contributed by atoms with Gasteiger partial charge in [-0.05, 0) is 0 Å². The molecule has 0 aliphatic carbocycles. The van der Waals surface area contributed by atoms with Crippen LogP contribution in [0.15, 0.2) is 10.6 Å². The third-order valence-electron chi connectivity index (χ3n) is 1.46. The molecule has 0 spiro atoms. The third-order valence-corrected chi connectivity index (χ3v) is 1.46. The van der Waals surface area contributed by atoms with Crippen molar-refractivity contribution < 1.29 is 9.26 Å². The van der Waals surface area contributed by atoms with Crippen molar-refractivity contribution in [1.82, 2.24) is 5.16 Å². The third kappa shape index (κ3) is 1.73. The minimum atomic E-state index is 0.0281. The van der Waals surface area contributed by atoms with Crippen LogP contribution in [-0.4, -0.2) is 12.3 Å². The molecule has 1 heterocycles. The molecule has 0 bridgehead atoms. The van der Waals surface area contributed by atoms with Crippen molar-refractivity contribution in [2.45, 2.75) is 26.2 Å². The molecule has 0 N–H and O–H groups in total. The molecule has 0 atom stereocenters. The highest BCUT2D eigenvalue weighted by atomic mass is 16.6. The molecule has 62 valence electrons. The van der Waals surface area contributed by atoms with Gasteiger partial charge >= 0.3 is 5.95 Å². The van der Waals surface area contributed by atoms with E-state index < -0.39 is 0 Å². The topological polar surface area (TPSA) is 35.3 Å². The molecular formula is C8H13NO2. The van der Waals surface area contributed by atoms with Crippen molar-refractivity contribution in [3.63, 3.8) is 0 Å². The summed E-state index contributed by atoms with van der Waals surface area (Å²) in [5.41, 5.74) is 0.939. The zero-order chi connectivity index (χ0) is 8.48. The predicted octanol–water partition coefficient (Wildman–Crippen LogP) is 1.98. The monoisotopic (exact) mass is 155 g/mol. The highest BCUT2D eigenvalue weighted by Gasteiger charge is 2.18. The lowest BCUT2D eigenvalue weighted by molar-refractivity contribution is 0.257. The second-order valence-electron chi connectivity index (χ2n) is 3.49. The fraction of sp³-hybridized carbons (Fsp3) is 0.625. The first kappa shape index (κ1) is 8.11. The molecule has 0 saturated heterocycles. The Morgan fingerprint density at radius 3 is 2.36 bits per heavy atom. The maximum Gasteiger partial charge on any atom is 0.311 e. The Kier molecular flexibility index (Phi) is 1.89. The molecule has 1 aromatic rings. The van der Waals surface area contributed by atoms with Crippen molar-refractivity contribution in [3.05, 3.63) is 11.8 Å². The van der Waals surface area contributed by atoms with E-state index in [0.717, 1.165) is 5.69 Å². The van der Waals surface area contributed by atoms with E-state index in [9.17, 15) is 0 Å². The molecule has 0 aromatic carbocycles. The summed E-state index contributed by atoms with van der Waals surface area (Å²) in [6.07, 6.45) is 0. The molecule has 1 aromatic heterocycles. The van der Waals surface area contributed by atoms with Crippen LogP contribution in [0.25, 0.3) is 0 Å². The Morgan fingerprint density at radius 1 is 1.45 bits per heavy atom. The smallest absolute Gasteiger partial charge is 0.311 e. The number of hydrogen-bond donors (Lipinski definition) is 0. The fourth-order valence-corrected chi connectivity index (χ4v) is 0.708. The zero-order valence-electron chi connectivity index (χ0n) is 7.34. The first-order chi connectivity index (χ1) is 5.04. The summed E-state index contributed by atoms with van der Waals surface area (Å²) in [6.45, 7) is 6.22. The Bertz CT molecular complexity index is 234. The molecule has 0 aliphatic heterocycles. The summed E-state index contributed by atoms with van der Waals surface area (Å²) in [5, 5.41) is 3.86. The molecule has 0 amide bonds. The van der Waals surface area contributed by atoms with Gasteiger partial charge in [0.15, 0.2) is 0 Å². The van der Waals surface area contributed by atoms with Gasteiger partial charge in [0.25, 0.3) is 0 Å². The van der Waals surface area contributed by atoms with Crippen LogP contribution in [0.3, 0.4) is 0 Å². The second-order valence-corrected chi connectivity index (χ2v) is 3.49. The van der Waals surface area contributed by atoms with E-state index in [0.29, 0.717) is 5.95 Å². The van der Waals surface area contributed by atoms with Crippen molar-refractivity contribution >= 4 is 0 Å². The van der Waals surface area contributed by atoms with Gasteiger partial charge in [-0.3, -0.25) is 0 Å². The van der Waals surface area contributed by atoms with Crippen LogP contribution in [0.5, 0.6) is 5.95 Å². The molecule has 0 saturated carbocycles. The quantitative estimate of drug-likeness (QED) is 0.622. The van der Waals surface area contributed by atoms with Crippen molar-refractivity contribution in [2.24, 2.45) is 0 Å². The van der Waals surface area contributed by atoms with Crippen LogP contribution in [0.2, 0.25) is 0 Å². The van der Waals surface area contributed by atoms with Gasteiger partial charge in [-0.2, -0.15) is 0 Å². The summed E-state index contributed by atoms with van der Waals surface area (Å²) >= 11 is 0. The second kappa shape index (κ2) is 2.57. The molecule has 0 fully saturated rings. The largest absolute Gasteiger partial charge is 0.467 e. The highest BCUT2D eigenvalue weighted by molar-refractivity contribution is 5.16. The Labute approximate surface area is 66.3 Å². The van der Waals surface area contributed by atoms with Gasteiger partial charge in [0.1, 0.15) is 0 Å². The average molecular weight is 155 g/mol. The number of aromatic nitrogens is 1. The molecule has 11 heavy (non-hydrogen) atoms. The van der Waals surface area contributed by atoms with Crippen LogP contribution in [0.1, 0.15) is 26.5 Å². The molecule has 1 rings (SSSR count). The van der Waals surface area contributed by atoms with Gasteiger partial charge in [-0.15, -0.1) is 0 Å². The van der Waals surface area contributed by atoms with Crippen molar-refractivity contribution in [2.75, 3.05) is 7.11 Å². The number of methoxy groups -OCH3 is 1. The van der Waals surface area contributed by atoms with Gasteiger partial charge in [0.2, 0.25) is 0 Å². The normalized spacial score (nSPS) is 11.6. The molecular weight excluding hydrogens is 142 g/mol. The standard InChI is InChI=1S/C8H13NO2/c1-8(2,3)6-5-7(10-4)11-9-6/h5H,1-4H3. The van der Waals surface area contributed by atoms with E-state index in [-0.39, 0.29) is 5.41 Å². The van der Waals surface area contributed by atoms with Gasteiger partial charge < -0.3 is 9.26 Å². The Hall–Kier alpha value is -0.990. The highest BCUT2D eigenvalue weighted by Crippen LogP contribution is 2.24. The first-order valence-electron chi connectivity index (χ1n) is 3.55. The number of hydrogen-bond acceptors (Lipinski definition) is 3. The lowest BCUT2D eigenvalue weighted by Gasteiger charge is -2.12. The Balaban J connectivity index is 2.89. The van der Waals surface area contributed by atoms with E-state index in [1.165, 1.54) is 0 Å². The minimum absolute atomic E-state index is 0.0281. The average Bonchev–Trinajstić information content (AvgIpc) is 2.32. The van der Waals surface area contributed by atoms with Crippen LogP contribution in [0, 0.1) is 0 Å². The van der Waals surface area contributed by atoms with Crippen LogP contribution in [0.4, 0.5) is 0 Å². The lowest BCUT2D eigenvalue weighted by atomic mass is 9.93. The van der Waals surface area contributed by atoms with Gasteiger partial charge in [-0.25, -0.2) is 0 Å². The van der Waals surface area contributed by atoms with Gasteiger partial charge in [0, 0.05) is 11.5 Å². The number of ether oxygens (including phenoxy) is 1. The van der Waals surface area contributed by atoms with Crippen molar-refractivity contribution in [3.8, 4) is 5.95 Å². The first-order valence-corrected chi connectivity index (χ1v) is 3.55. The summed E-state index contributed by atoms with van der Waals surface area (Å²) in [7, 11) is 1.56. The summed E-state index contributed by atoms with van der Waals surface area (Å²) < 4.78 is 9.73. The van der Waals surface area contributed by atoms with E-state index in [4.69, 9.17) is 9.26 Å². The molecule has 0 unspecified atom stereocenters. The van der Waals surface area contributed by atoms with Gasteiger partial charge in [0.05, 0.1) is 12.8 Å². The van der Waals surface area contributed by atoms with Crippen molar-refractivity contribution in [1.29, 1.82) is 0 Å². The lowest BCUT2D eigenvalue weighted by Crippen LogP contribution is -2.10. The minimum Gasteiger partial charge on any atom is -0.467 e. The van der Waals surface area contributed by atoms with Gasteiger partial charge in [-0.1, -0.05) is 25.9 Å². The predicted molar refractivity (Wildman–Crippen MR) is 41.8 cm³/mol. The molecule has 3 heteroatoms. The number of rotatable bonds is 1. The molecule has 0 radical (unpaired) electrons.